The normalized spacial score (nSPS) is 20.0. The molecule has 4 nitrogen and oxygen atoms in total. The number of aliphatic hydroxyl groups is 1. The van der Waals surface area contributed by atoms with E-state index in [2.05, 4.69) is 15.9 Å². The summed E-state index contributed by atoms with van der Waals surface area (Å²) in [5.41, 5.74) is 0. The lowest BCUT2D eigenvalue weighted by Crippen LogP contribution is -2.40. The van der Waals surface area contributed by atoms with Gasteiger partial charge in [0.1, 0.15) is 0 Å². The Labute approximate surface area is 132 Å². The fraction of sp³-hybridized carbons (Fsp3) is 0.538. The minimum Gasteiger partial charge on any atom is -0.393 e. The number of hydrogen-bond acceptors (Lipinski definition) is 3. The quantitative estimate of drug-likeness (QED) is 0.874. The van der Waals surface area contributed by atoms with E-state index in [1.165, 1.54) is 16.4 Å². The lowest BCUT2D eigenvalue weighted by atomic mass is 9.93. The third kappa shape index (κ3) is 3.36. The van der Waals surface area contributed by atoms with Gasteiger partial charge in [-0.2, -0.15) is 4.31 Å². The number of benzene rings is 1. The first kappa shape index (κ1) is 16.2. The highest BCUT2D eigenvalue weighted by atomic mass is 79.9. The van der Waals surface area contributed by atoms with Gasteiger partial charge in [0.15, 0.2) is 0 Å². The maximum absolute atomic E-state index is 12.5. The van der Waals surface area contributed by atoms with Gasteiger partial charge in [0.25, 0.3) is 0 Å². The fourth-order valence-electron chi connectivity index (χ4n) is 2.38. The lowest BCUT2D eigenvalue weighted by Gasteiger charge is -2.32. The van der Waals surface area contributed by atoms with Crippen LogP contribution in [0.2, 0.25) is 5.02 Å². The third-order valence-electron chi connectivity index (χ3n) is 3.71. The van der Waals surface area contributed by atoms with Crippen molar-refractivity contribution in [1.29, 1.82) is 0 Å². The Hall–Kier alpha value is -0.140. The number of hydrogen-bond donors (Lipinski definition) is 1. The molecule has 1 N–H and O–H groups in total. The van der Waals surface area contributed by atoms with E-state index >= 15 is 0 Å². The van der Waals surface area contributed by atoms with Crippen molar-refractivity contribution in [3.8, 4) is 0 Å². The number of halogens is 2. The van der Waals surface area contributed by atoms with E-state index in [9.17, 15) is 13.5 Å². The van der Waals surface area contributed by atoms with Crippen molar-refractivity contribution < 1.29 is 13.5 Å². The smallest absolute Gasteiger partial charge is 0.243 e. The molecule has 0 spiro atoms. The first-order chi connectivity index (χ1) is 9.32. The monoisotopic (exact) mass is 381 g/mol. The molecule has 1 aromatic rings. The lowest BCUT2D eigenvalue weighted by molar-refractivity contribution is 0.0912. The van der Waals surface area contributed by atoms with Crippen LogP contribution in [0.4, 0.5) is 0 Å². The minimum atomic E-state index is -3.49. The van der Waals surface area contributed by atoms with Crippen LogP contribution in [0.25, 0.3) is 0 Å². The van der Waals surface area contributed by atoms with Crippen molar-refractivity contribution in [3.05, 3.63) is 27.7 Å². The zero-order valence-corrected chi connectivity index (χ0v) is 14.2. The predicted molar refractivity (Wildman–Crippen MR) is 82.3 cm³/mol. The van der Waals surface area contributed by atoms with E-state index in [0.29, 0.717) is 35.4 Å². The first-order valence-corrected chi connectivity index (χ1v) is 9.06. The summed E-state index contributed by atoms with van der Waals surface area (Å²) in [6.45, 7) is 2.64. The van der Waals surface area contributed by atoms with Crippen LogP contribution in [0.5, 0.6) is 0 Å². The van der Waals surface area contributed by atoms with E-state index in [4.69, 9.17) is 11.6 Å². The third-order valence-corrected chi connectivity index (χ3v) is 6.82. The number of sulfonamides is 1. The standard InChI is InChI=1S/C13H17BrClNO3S/c1-9(17)10-4-6-16(7-5-10)20(18,19)11-2-3-13(15)12(14)8-11/h2-3,8-10,17H,4-7H2,1H3. The second-order valence-corrected chi connectivity index (χ2v) is 8.26. The molecule has 0 radical (unpaired) electrons. The van der Waals surface area contributed by atoms with Crippen LogP contribution < -0.4 is 0 Å². The van der Waals surface area contributed by atoms with Gasteiger partial charge in [-0.25, -0.2) is 8.42 Å². The molecule has 1 saturated heterocycles. The fourth-order valence-corrected chi connectivity index (χ4v) is 4.53. The molecule has 112 valence electrons. The van der Waals surface area contributed by atoms with E-state index < -0.39 is 10.0 Å². The van der Waals surface area contributed by atoms with Gasteiger partial charge < -0.3 is 5.11 Å². The Morgan fingerprint density at radius 2 is 2.00 bits per heavy atom. The van der Waals surface area contributed by atoms with Gasteiger partial charge in [-0.3, -0.25) is 0 Å². The van der Waals surface area contributed by atoms with Gasteiger partial charge in [-0.05, 0) is 59.8 Å². The molecule has 20 heavy (non-hydrogen) atoms. The molecule has 1 fully saturated rings. The van der Waals surface area contributed by atoms with E-state index in [1.807, 2.05) is 0 Å². The summed E-state index contributed by atoms with van der Waals surface area (Å²) in [7, 11) is -3.49. The van der Waals surface area contributed by atoms with Crippen LogP contribution >= 0.6 is 27.5 Å². The average Bonchev–Trinajstić information content (AvgIpc) is 2.41. The second kappa shape index (κ2) is 6.32. The molecule has 1 heterocycles. The maximum Gasteiger partial charge on any atom is 0.243 e. The number of rotatable bonds is 3. The van der Waals surface area contributed by atoms with Crippen LogP contribution in [-0.2, 0) is 10.0 Å². The Morgan fingerprint density at radius 1 is 1.40 bits per heavy atom. The van der Waals surface area contributed by atoms with Crippen molar-refractivity contribution >= 4 is 37.6 Å². The molecular formula is C13H17BrClNO3S. The number of piperidine rings is 1. The average molecular weight is 383 g/mol. The molecule has 1 unspecified atom stereocenters. The molecule has 1 atom stereocenters. The summed E-state index contributed by atoms with van der Waals surface area (Å²) in [5.74, 6) is 0.179. The topological polar surface area (TPSA) is 57.6 Å². The Balaban J connectivity index is 2.17. The Kier molecular flexibility index (Phi) is 5.13. The summed E-state index contributed by atoms with van der Waals surface area (Å²) in [5, 5.41) is 10.0. The summed E-state index contributed by atoms with van der Waals surface area (Å²) in [6, 6.07) is 4.61. The Morgan fingerprint density at radius 3 is 2.50 bits per heavy atom. The van der Waals surface area contributed by atoms with Gasteiger partial charge in [0, 0.05) is 17.6 Å². The van der Waals surface area contributed by atoms with Crippen molar-refractivity contribution in [1.82, 2.24) is 4.31 Å². The van der Waals surface area contributed by atoms with E-state index in [-0.39, 0.29) is 16.9 Å². The van der Waals surface area contributed by atoms with E-state index in [0.717, 1.165) is 0 Å². The van der Waals surface area contributed by atoms with Crippen molar-refractivity contribution in [2.75, 3.05) is 13.1 Å². The maximum atomic E-state index is 12.5. The summed E-state index contributed by atoms with van der Waals surface area (Å²) in [4.78, 5) is 0.240. The van der Waals surface area contributed by atoms with Crippen LogP contribution in [0.1, 0.15) is 19.8 Å². The van der Waals surface area contributed by atoms with Crippen LogP contribution in [-0.4, -0.2) is 37.0 Å². The molecule has 0 aromatic heterocycles. The molecular weight excluding hydrogens is 366 g/mol. The predicted octanol–water partition coefficient (Wildman–Crippen LogP) is 2.88. The highest BCUT2D eigenvalue weighted by Gasteiger charge is 2.31. The highest BCUT2D eigenvalue weighted by molar-refractivity contribution is 9.10. The summed E-state index contributed by atoms with van der Waals surface area (Å²) in [6.07, 6.45) is 0.988. The van der Waals surface area contributed by atoms with Crippen LogP contribution in [0.15, 0.2) is 27.6 Å². The van der Waals surface area contributed by atoms with Crippen molar-refractivity contribution in [3.63, 3.8) is 0 Å². The molecule has 1 aliphatic rings. The number of nitrogens with zero attached hydrogens (tertiary/aromatic N) is 1. The molecule has 0 bridgehead atoms. The molecule has 2 rings (SSSR count). The SMILES string of the molecule is CC(O)C1CCN(S(=O)(=O)c2ccc(Cl)c(Br)c2)CC1. The zero-order valence-electron chi connectivity index (χ0n) is 11.1. The zero-order chi connectivity index (χ0) is 14.9. The van der Waals surface area contributed by atoms with Gasteiger partial charge >= 0.3 is 0 Å². The van der Waals surface area contributed by atoms with E-state index in [1.54, 1.807) is 13.0 Å². The molecule has 1 aromatic carbocycles. The largest absolute Gasteiger partial charge is 0.393 e. The highest BCUT2D eigenvalue weighted by Crippen LogP contribution is 2.29. The summed E-state index contributed by atoms with van der Waals surface area (Å²) >= 11 is 9.13. The molecule has 0 aliphatic carbocycles. The van der Waals surface area contributed by atoms with Crippen LogP contribution in [0.3, 0.4) is 0 Å². The van der Waals surface area contributed by atoms with Gasteiger partial charge in [0.2, 0.25) is 10.0 Å². The van der Waals surface area contributed by atoms with Gasteiger partial charge in [-0.15, -0.1) is 0 Å². The Bertz CT molecular complexity index is 583. The van der Waals surface area contributed by atoms with Crippen molar-refractivity contribution in [2.24, 2.45) is 5.92 Å². The minimum absolute atomic E-state index is 0.179. The van der Waals surface area contributed by atoms with Crippen molar-refractivity contribution in [2.45, 2.75) is 30.8 Å². The molecule has 1 aliphatic heterocycles. The first-order valence-electron chi connectivity index (χ1n) is 6.45. The molecule has 7 heteroatoms. The molecule has 0 saturated carbocycles. The molecule has 0 amide bonds. The second-order valence-electron chi connectivity index (χ2n) is 5.06. The summed E-state index contributed by atoms with van der Waals surface area (Å²) < 4.78 is 27.1. The van der Waals surface area contributed by atoms with Gasteiger partial charge in [0.05, 0.1) is 16.0 Å². The number of aliphatic hydroxyl groups excluding tert-OH is 1. The van der Waals surface area contributed by atoms with Crippen LogP contribution in [0, 0.1) is 5.92 Å². The van der Waals surface area contributed by atoms with Gasteiger partial charge in [-0.1, -0.05) is 11.6 Å².